The molecule has 2 aromatic rings. The third kappa shape index (κ3) is 5.40. The maximum Gasteiger partial charge on any atom is 0.253 e. The monoisotopic (exact) mass is 380 g/mol. The van der Waals surface area contributed by atoms with Crippen LogP contribution in [0.2, 0.25) is 0 Å². The second kappa shape index (κ2) is 9.14. The first-order chi connectivity index (χ1) is 13.5. The molecule has 0 aliphatic carbocycles. The zero-order chi connectivity index (χ0) is 19.9. The minimum atomic E-state index is -0.137. The molecule has 3 amide bonds. The molecule has 2 N–H and O–H groups in total. The quantitative estimate of drug-likeness (QED) is 0.832. The number of hydrogen-bond donors (Lipinski definition) is 2. The van der Waals surface area contributed by atoms with E-state index >= 15 is 0 Å². The number of carbonyl (C=O) groups is 3. The van der Waals surface area contributed by atoms with Crippen LogP contribution in [0.4, 0.5) is 11.4 Å². The van der Waals surface area contributed by atoms with E-state index in [0.717, 1.165) is 0 Å². The van der Waals surface area contributed by atoms with Gasteiger partial charge in [0.2, 0.25) is 11.8 Å². The minimum absolute atomic E-state index is 0.0314. The third-order valence-corrected chi connectivity index (χ3v) is 4.54. The molecule has 1 saturated heterocycles. The topological polar surface area (TPSA) is 81.8 Å². The van der Waals surface area contributed by atoms with Crippen molar-refractivity contribution in [3.8, 4) is 0 Å². The number of benzene rings is 2. The predicted octanol–water partition coefficient (Wildman–Crippen LogP) is 2.04. The van der Waals surface area contributed by atoms with Gasteiger partial charge in [-0.3, -0.25) is 19.3 Å². The van der Waals surface area contributed by atoms with Crippen LogP contribution in [0.3, 0.4) is 0 Å². The normalized spacial score (nSPS) is 14.4. The molecule has 7 nitrogen and oxygen atoms in total. The molecule has 1 aliphatic rings. The van der Waals surface area contributed by atoms with Crippen molar-refractivity contribution in [2.24, 2.45) is 0 Å². The van der Waals surface area contributed by atoms with Crippen LogP contribution < -0.4 is 10.6 Å². The molecule has 1 aliphatic heterocycles. The summed E-state index contributed by atoms with van der Waals surface area (Å²) in [7, 11) is 0. The molecule has 1 fully saturated rings. The lowest BCUT2D eigenvalue weighted by Gasteiger charge is -2.34. The molecular formula is C21H24N4O3. The summed E-state index contributed by atoms with van der Waals surface area (Å²) < 4.78 is 0. The molecule has 0 bridgehead atoms. The van der Waals surface area contributed by atoms with Gasteiger partial charge in [-0.1, -0.05) is 18.2 Å². The smallest absolute Gasteiger partial charge is 0.253 e. The number of amides is 3. The fraction of sp³-hybridized carbons (Fsp3) is 0.286. The Hall–Kier alpha value is -3.19. The highest BCUT2D eigenvalue weighted by Crippen LogP contribution is 2.14. The molecule has 7 heteroatoms. The van der Waals surface area contributed by atoms with Gasteiger partial charge in [0.05, 0.1) is 6.54 Å². The summed E-state index contributed by atoms with van der Waals surface area (Å²) in [6.45, 7) is 4.25. The van der Waals surface area contributed by atoms with Gasteiger partial charge in [-0.2, -0.15) is 0 Å². The molecule has 3 rings (SSSR count). The molecule has 146 valence electrons. The fourth-order valence-electron chi connectivity index (χ4n) is 3.12. The number of rotatable bonds is 5. The number of piperazine rings is 1. The van der Waals surface area contributed by atoms with E-state index in [1.54, 1.807) is 24.3 Å². The van der Waals surface area contributed by atoms with Gasteiger partial charge in [0.1, 0.15) is 0 Å². The largest absolute Gasteiger partial charge is 0.336 e. The lowest BCUT2D eigenvalue weighted by atomic mass is 10.2. The molecule has 28 heavy (non-hydrogen) atoms. The van der Waals surface area contributed by atoms with E-state index in [9.17, 15) is 14.4 Å². The van der Waals surface area contributed by atoms with E-state index in [1.165, 1.54) is 6.92 Å². The summed E-state index contributed by atoms with van der Waals surface area (Å²) in [4.78, 5) is 39.6. The summed E-state index contributed by atoms with van der Waals surface area (Å²) >= 11 is 0. The molecule has 0 unspecified atom stereocenters. The van der Waals surface area contributed by atoms with Crippen LogP contribution in [0.5, 0.6) is 0 Å². The van der Waals surface area contributed by atoms with Gasteiger partial charge in [-0.25, -0.2) is 0 Å². The summed E-state index contributed by atoms with van der Waals surface area (Å²) in [6, 6.07) is 16.2. The van der Waals surface area contributed by atoms with Gasteiger partial charge in [0.15, 0.2) is 0 Å². The second-order valence-corrected chi connectivity index (χ2v) is 6.74. The van der Waals surface area contributed by atoms with Crippen molar-refractivity contribution < 1.29 is 14.4 Å². The van der Waals surface area contributed by atoms with Crippen molar-refractivity contribution in [2.75, 3.05) is 43.4 Å². The van der Waals surface area contributed by atoms with Crippen molar-refractivity contribution in [1.82, 2.24) is 9.80 Å². The maximum atomic E-state index is 12.5. The Labute approximate surface area is 164 Å². The van der Waals surface area contributed by atoms with Crippen LogP contribution in [0.1, 0.15) is 17.3 Å². The molecule has 0 spiro atoms. The Balaban J connectivity index is 1.45. The first kappa shape index (κ1) is 19.6. The van der Waals surface area contributed by atoms with Crippen LogP contribution in [0, 0.1) is 0 Å². The number of carbonyl (C=O) groups excluding carboxylic acids is 3. The van der Waals surface area contributed by atoms with E-state index in [2.05, 4.69) is 10.6 Å². The zero-order valence-electron chi connectivity index (χ0n) is 15.9. The highest BCUT2D eigenvalue weighted by atomic mass is 16.2. The molecule has 0 atom stereocenters. The van der Waals surface area contributed by atoms with Gasteiger partial charge in [-0.05, 0) is 36.4 Å². The van der Waals surface area contributed by atoms with Crippen molar-refractivity contribution in [3.05, 3.63) is 60.2 Å². The Kier molecular flexibility index (Phi) is 6.39. The van der Waals surface area contributed by atoms with Crippen LogP contribution in [0.25, 0.3) is 0 Å². The van der Waals surface area contributed by atoms with E-state index < -0.39 is 0 Å². The fourth-order valence-corrected chi connectivity index (χ4v) is 3.12. The average molecular weight is 380 g/mol. The van der Waals surface area contributed by atoms with E-state index in [1.807, 2.05) is 40.1 Å². The number of hydrogen-bond acceptors (Lipinski definition) is 4. The average Bonchev–Trinajstić information content (AvgIpc) is 2.70. The first-order valence-corrected chi connectivity index (χ1v) is 9.25. The van der Waals surface area contributed by atoms with Crippen molar-refractivity contribution in [3.63, 3.8) is 0 Å². The van der Waals surface area contributed by atoms with Crippen molar-refractivity contribution >= 4 is 29.1 Å². The molecular weight excluding hydrogens is 356 g/mol. The first-order valence-electron chi connectivity index (χ1n) is 9.25. The van der Waals surface area contributed by atoms with Crippen LogP contribution in [0.15, 0.2) is 54.6 Å². The van der Waals surface area contributed by atoms with Gasteiger partial charge in [0, 0.05) is 50.0 Å². The lowest BCUT2D eigenvalue weighted by molar-refractivity contribution is -0.117. The van der Waals surface area contributed by atoms with Crippen LogP contribution >= 0.6 is 0 Å². The summed E-state index contributed by atoms with van der Waals surface area (Å²) in [5.41, 5.74) is 2.05. The number of nitrogens with zero attached hydrogens (tertiary/aromatic N) is 2. The van der Waals surface area contributed by atoms with Gasteiger partial charge in [-0.15, -0.1) is 0 Å². The van der Waals surface area contributed by atoms with E-state index in [0.29, 0.717) is 43.1 Å². The Morgan fingerprint density at radius 3 is 1.96 bits per heavy atom. The molecule has 0 radical (unpaired) electrons. The second-order valence-electron chi connectivity index (χ2n) is 6.74. The highest BCUT2D eigenvalue weighted by molar-refractivity contribution is 5.94. The maximum absolute atomic E-state index is 12.5. The minimum Gasteiger partial charge on any atom is -0.336 e. The van der Waals surface area contributed by atoms with Crippen LogP contribution in [-0.4, -0.2) is 60.2 Å². The summed E-state index contributed by atoms with van der Waals surface area (Å²) in [5.74, 6) is -0.208. The summed E-state index contributed by atoms with van der Waals surface area (Å²) in [5, 5.41) is 5.54. The number of nitrogens with one attached hydrogen (secondary N) is 2. The molecule has 0 saturated carbocycles. The Bertz CT molecular complexity index is 828. The van der Waals surface area contributed by atoms with E-state index in [4.69, 9.17) is 0 Å². The van der Waals surface area contributed by atoms with Crippen LogP contribution in [-0.2, 0) is 9.59 Å². The SMILES string of the molecule is CC(=O)Nc1ccc(NC(=O)CN2CCN(C(=O)c3ccccc3)CC2)cc1. The van der Waals surface area contributed by atoms with Gasteiger partial charge in [0.25, 0.3) is 5.91 Å². The number of anilines is 2. The third-order valence-electron chi connectivity index (χ3n) is 4.54. The zero-order valence-corrected chi connectivity index (χ0v) is 15.9. The Morgan fingerprint density at radius 1 is 0.821 bits per heavy atom. The van der Waals surface area contributed by atoms with E-state index in [-0.39, 0.29) is 24.3 Å². The van der Waals surface area contributed by atoms with Crippen molar-refractivity contribution in [1.29, 1.82) is 0 Å². The molecule has 0 aromatic heterocycles. The standard InChI is InChI=1S/C21H24N4O3/c1-16(26)22-18-7-9-19(10-8-18)23-20(27)15-24-11-13-25(14-12-24)21(28)17-5-3-2-4-6-17/h2-10H,11-15H2,1H3,(H,22,26)(H,23,27). The van der Waals surface area contributed by atoms with Gasteiger partial charge < -0.3 is 15.5 Å². The summed E-state index contributed by atoms with van der Waals surface area (Å²) in [6.07, 6.45) is 0. The Morgan fingerprint density at radius 2 is 1.39 bits per heavy atom. The molecule has 1 heterocycles. The molecule has 2 aromatic carbocycles. The van der Waals surface area contributed by atoms with Gasteiger partial charge >= 0.3 is 0 Å². The highest BCUT2D eigenvalue weighted by Gasteiger charge is 2.23. The lowest BCUT2D eigenvalue weighted by Crippen LogP contribution is -2.50. The predicted molar refractivity (Wildman–Crippen MR) is 108 cm³/mol. The van der Waals surface area contributed by atoms with Crippen molar-refractivity contribution in [2.45, 2.75) is 6.92 Å².